The minimum atomic E-state index is -0.00965. The lowest BCUT2D eigenvalue weighted by Gasteiger charge is -2.29. The number of ether oxygens (including phenoxy) is 1. The summed E-state index contributed by atoms with van der Waals surface area (Å²) in [5.41, 5.74) is 1.55. The van der Waals surface area contributed by atoms with Crippen molar-refractivity contribution in [3.05, 3.63) is 17.5 Å². The number of anilines is 1. The smallest absolute Gasteiger partial charge is 0.222 e. The molecule has 20 heavy (non-hydrogen) atoms. The highest BCUT2D eigenvalue weighted by Gasteiger charge is 2.32. The van der Waals surface area contributed by atoms with Gasteiger partial charge in [-0.15, -0.1) is 0 Å². The molecule has 2 aliphatic rings. The molecule has 0 amide bonds. The van der Waals surface area contributed by atoms with E-state index in [4.69, 9.17) is 4.74 Å². The van der Waals surface area contributed by atoms with Crippen molar-refractivity contribution in [3.63, 3.8) is 0 Å². The average molecular weight is 275 g/mol. The molecule has 5 heteroatoms. The minimum absolute atomic E-state index is 0.00965. The molecule has 1 fully saturated rings. The van der Waals surface area contributed by atoms with Gasteiger partial charge in [0.05, 0.1) is 17.4 Å². The first-order valence-corrected chi connectivity index (χ1v) is 7.28. The number of nitrogens with zero attached hydrogens (tertiary/aromatic N) is 2. The fourth-order valence-corrected chi connectivity index (χ4v) is 2.93. The monoisotopic (exact) mass is 275 g/mol. The molecule has 0 bridgehead atoms. The Hall–Kier alpha value is -1.49. The fraction of sp³-hybridized carbons (Fsp3) is 0.667. The molecule has 5 nitrogen and oxygen atoms in total. The van der Waals surface area contributed by atoms with Gasteiger partial charge < -0.3 is 10.1 Å². The van der Waals surface area contributed by atoms with Crippen LogP contribution in [0.4, 0.5) is 5.95 Å². The van der Waals surface area contributed by atoms with E-state index in [1.165, 1.54) is 0 Å². The molecule has 3 rings (SSSR count). The standard InChI is InChI=1S/C15H21N3O2/c1-15(2)6-12-11(13(19)7-15)9-17-14(18-12)16-8-10-4-3-5-20-10/h9-10H,3-8H2,1-2H3,(H,16,17,18)/t10-/m1/s1. The zero-order chi connectivity index (χ0) is 14.2. The largest absolute Gasteiger partial charge is 0.376 e. The number of Topliss-reactive ketones (excluding diaryl/α,β-unsaturated/α-hetero) is 1. The Labute approximate surface area is 119 Å². The van der Waals surface area contributed by atoms with Crippen LogP contribution in [-0.2, 0) is 11.2 Å². The molecule has 1 atom stereocenters. The highest BCUT2D eigenvalue weighted by Crippen LogP contribution is 2.33. The summed E-state index contributed by atoms with van der Waals surface area (Å²) in [5.74, 6) is 0.756. The minimum Gasteiger partial charge on any atom is -0.376 e. The summed E-state index contributed by atoms with van der Waals surface area (Å²) in [4.78, 5) is 20.8. The molecule has 0 spiro atoms. The Morgan fingerprint density at radius 2 is 2.30 bits per heavy atom. The Balaban J connectivity index is 1.73. The van der Waals surface area contributed by atoms with Crippen molar-refractivity contribution in [1.82, 2.24) is 9.97 Å². The molecule has 1 aromatic rings. The quantitative estimate of drug-likeness (QED) is 0.916. The van der Waals surface area contributed by atoms with Gasteiger partial charge in [0.25, 0.3) is 0 Å². The van der Waals surface area contributed by atoms with Crippen molar-refractivity contribution in [1.29, 1.82) is 0 Å². The maximum atomic E-state index is 12.1. The van der Waals surface area contributed by atoms with Crippen LogP contribution in [0.2, 0.25) is 0 Å². The van der Waals surface area contributed by atoms with Crippen molar-refractivity contribution < 1.29 is 9.53 Å². The van der Waals surface area contributed by atoms with E-state index in [2.05, 4.69) is 29.1 Å². The maximum absolute atomic E-state index is 12.1. The molecule has 1 aliphatic heterocycles. The molecule has 1 saturated heterocycles. The third-order valence-electron chi connectivity index (χ3n) is 3.97. The first-order valence-electron chi connectivity index (χ1n) is 7.28. The molecule has 0 unspecified atom stereocenters. The van der Waals surface area contributed by atoms with Crippen molar-refractivity contribution in [2.24, 2.45) is 5.41 Å². The number of hydrogen-bond acceptors (Lipinski definition) is 5. The van der Waals surface area contributed by atoms with Crippen molar-refractivity contribution in [2.75, 3.05) is 18.5 Å². The van der Waals surface area contributed by atoms with Crippen molar-refractivity contribution in [2.45, 2.75) is 45.6 Å². The van der Waals surface area contributed by atoms with Crippen LogP contribution in [0, 0.1) is 5.41 Å². The fourth-order valence-electron chi connectivity index (χ4n) is 2.93. The van der Waals surface area contributed by atoms with E-state index in [9.17, 15) is 4.79 Å². The molecule has 0 aromatic carbocycles. The number of ketones is 1. The molecule has 1 aromatic heterocycles. The third-order valence-corrected chi connectivity index (χ3v) is 3.97. The van der Waals surface area contributed by atoms with Crippen LogP contribution >= 0.6 is 0 Å². The second-order valence-corrected chi connectivity index (χ2v) is 6.51. The van der Waals surface area contributed by atoms with Gasteiger partial charge in [-0.25, -0.2) is 9.97 Å². The van der Waals surface area contributed by atoms with Gasteiger partial charge in [0.1, 0.15) is 0 Å². The lowest BCUT2D eigenvalue weighted by molar-refractivity contribution is 0.0909. The number of carbonyl (C=O) groups is 1. The molecule has 1 N–H and O–H groups in total. The van der Waals surface area contributed by atoms with Gasteiger partial charge in [-0.2, -0.15) is 0 Å². The number of carbonyl (C=O) groups excluding carboxylic acids is 1. The summed E-state index contributed by atoms with van der Waals surface area (Å²) in [5, 5.41) is 3.22. The lowest BCUT2D eigenvalue weighted by Crippen LogP contribution is -2.29. The topological polar surface area (TPSA) is 64.1 Å². The first kappa shape index (κ1) is 13.5. The zero-order valence-electron chi connectivity index (χ0n) is 12.1. The van der Waals surface area contributed by atoms with Crippen LogP contribution < -0.4 is 5.32 Å². The van der Waals surface area contributed by atoms with E-state index < -0.39 is 0 Å². The summed E-state index contributed by atoms with van der Waals surface area (Å²) >= 11 is 0. The highest BCUT2D eigenvalue weighted by molar-refractivity contribution is 5.98. The third kappa shape index (κ3) is 2.82. The van der Waals surface area contributed by atoms with Gasteiger partial charge in [-0.1, -0.05) is 13.8 Å². The number of nitrogens with one attached hydrogen (secondary N) is 1. The van der Waals surface area contributed by atoms with Gasteiger partial charge in [0, 0.05) is 25.8 Å². The Morgan fingerprint density at radius 1 is 1.45 bits per heavy atom. The van der Waals surface area contributed by atoms with E-state index in [1.807, 2.05) is 0 Å². The molecule has 108 valence electrons. The van der Waals surface area contributed by atoms with E-state index in [-0.39, 0.29) is 17.3 Å². The SMILES string of the molecule is CC1(C)CC(=O)c2cnc(NC[C@H]3CCCO3)nc2C1. The molecular formula is C15H21N3O2. The predicted octanol–water partition coefficient (Wildman–Crippen LogP) is 2.22. The number of fused-ring (bicyclic) bond motifs is 1. The van der Waals surface area contributed by atoms with Gasteiger partial charge in [0.2, 0.25) is 5.95 Å². The Kier molecular flexibility index (Phi) is 3.46. The molecule has 0 radical (unpaired) electrons. The summed E-state index contributed by atoms with van der Waals surface area (Å²) < 4.78 is 5.57. The van der Waals surface area contributed by atoms with Gasteiger partial charge in [0.15, 0.2) is 5.78 Å². The molecule has 1 aliphatic carbocycles. The first-order chi connectivity index (χ1) is 9.53. The van der Waals surface area contributed by atoms with Crippen LogP contribution in [0.1, 0.15) is 49.2 Å². The summed E-state index contributed by atoms with van der Waals surface area (Å²) in [6, 6.07) is 0. The highest BCUT2D eigenvalue weighted by atomic mass is 16.5. The Bertz CT molecular complexity index is 522. The van der Waals surface area contributed by atoms with Crippen LogP contribution in [-0.4, -0.2) is 35.0 Å². The van der Waals surface area contributed by atoms with Crippen molar-refractivity contribution in [3.8, 4) is 0 Å². The van der Waals surface area contributed by atoms with E-state index in [0.29, 0.717) is 17.9 Å². The molecule has 2 heterocycles. The average Bonchev–Trinajstić information content (AvgIpc) is 2.87. The van der Waals surface area contributed by atoms with Gasteiger partial charge >= 0.3 is 0 Å². The Morgan fingerprint density at radius 3 is 3.05 bits per heavy atom. The second kappa shape index (κ2) is 5.13. The van der Waals surface area contributed by atoms with E-state index >= 15 is 0 Å². The van der Waals surface area contributed by atoms with Crippen LogP contribution in [0.15, 0.2) is 6.20 Å². The summed E-state index contributed by atoms with van der Waals surface area (Å²) in [7, 11) is 0. The summed E-state index contributed by atoms with van der Waals surface area (Å²) in [6.45, 7) is 5.79. The number of hydrogen-bond donors (Lipinski definition) is 1. The van der Waals surface area contributed by atoms with E-state index in [0.717, 1.165) is 38.1 Å². The number of aromatic nitrogens is 2. The van der Waals surface area contributed by atoms with Crippen molar-refractivity contribution >= 4 is 11.7 Å². The van der Waals surface area contributed by atoms with Crippen LogP contribution in [0.25, 0.3) is 0 Å². The van der Waals surface area contributed by atoms with Crippen LogP contribution in [0.3, 0.4) is 0 Å². The lowest BCUT2D eigenvalue weighted by atomic mass is 9.76. The zero-order valence-corrected chi connectivity index (χ0v) is 12.1. The number of rotatable bonds is 3. The van der Waals surface area contributed by atoms with Crippen LogP contribution in [0.5, 0.6) is 0 Å². The predicted molar refractivity (Wildman–Crippen MR) is 75.9 cm³/mol. The molecule has 0 saturated carbocycles. The molecular weight excluding hydrogens is 254 g/mol. The van der Waals surface area contributed by atoms with E-state index in [1.54, 1.807) is 6.20 Å². The van der Waals surface area contributed by atoms with Gasteiger partial charge in [-0.05, 0) is 24.7 Å². The summed E-state index contributed by atoms with van der Waals surface area (Å²) in [6.07, 6.45) is 5.53. The maximum Gasteiger partial charge on any atom is 0.222 e. The second-order valence-electron chi connectivity index (χ2n) is 6.51. The normalized spacial score (nSPS) is 24.5. The van der Waals surface area contributed by atoms with Gasteiger partial charge in [-0.3, -0.25) is 4.79 Å².